The van der Waals surface area contributed by atoms with Gasteiger partial charge in [-0.05, 0) is 24.0 Å². The highest BCUT2D eigenvalue weighted by atomic mass is 33.1. The normalized spacial score (nSPS) is 10.5. The topological polar surface area (TPSA) is 34.1 Å². The Bertz CT molecular complexity index is 574. The number of carbonyl (C=O) groups excluding carboxylic acids is 2. The van der Waals surface area contributed by atoms with E-state index < -0.39 is 0 Å². The van der Waals surface area contributed by atoms with E-state index in [0.29, 0.717) is 0 Å². The minimum atomic E-state index is -0.00654. The summed E-state index contributed by atoms with van der Waals surface area (Å²) in [5, 5.41) is 0. The molecule has 0 aliphatic heterocycles. The number of hydrogen-bond acceptors (Lipinski definition) is 6. The zero-order chi connectivity index (χ0) is 17.0. The Labute approximate surface area is 159 Å². The van der Waals surface area contributed by atoms with Crippen molar-refractivity contribution in [3.63, 3.8) is 0 Å². The van der Waals surface area contributed by atoms with Gasteiger partial charge in [-0.3, -0.25) is 9.59 Å². The maximum absolute atomic E-state index is 11.8. The first-order valence-electron chi connectivity index (χ1n) is 7.50. The molecule has 0 heterocycles. The van der Waals surface area contributed by atoms with Gasteiger partial charge in [0, 0.05) is 33.1 Å². The SMILES string of the molecule is O=C(SCCc1ccccc1)SSC(=O)SCCc1ccccc1. The van der Waals surface area contributed by atoms with Crippen molar-refractivity contribution >= 4 is 54.0 Å². The number of benzene rings is 2. The average molecular weight is 395 g/mol. The van der Waals surface area contributed by atoms with Gasteiger partial charge in [-0.2, -0.15) is 0 Å². The number of aryl methyl sites for hydroxylation is 2. The van der Waals surface area contributed by atoms with E-state index in [0.717, 1.165) is 45.9 Å². The van der Waals surface area contributed by atoms with Gasteiger partial charge in [0.15, 0.2) is 0 Å². The fourth-order valence-electron chi connectivity index (χ4n) is 1.91. The van der Waals surface area contributed by atoms with Crippen LogP contribution < -0.4 is 0 Å². The summed E-state index contributed by atoms with van der Waals surface area (Å²) < 4.78 is -0.0131. The molecule has 0 amide bonds. The lowest BCUT2D eigenvalue weighted by molar-refractivity contribution is 0.275. The maximum atomic E-state index is 11.8. The summed E-state index contributed by atoms with van der Waals surface area (Å²) in [6.07, 6.45) is 1.73. The van der Waals surface area contributed by atoms with E-state index in [1.807, 2.05) is 36.4 Å². The molecular weight excluding hydrogens is 376 g/mol. The van der Waals surface area contributed by atoms with E-state index in [4.69, 9.17) is 0 Å². The molecule has 6 heteroatoms. The van der Waals surface area contributed by atoms with Crippen LogP contribution in [-0.4, -0.2) is 20.4 Å². The highest BCUT2D eigenvalue weighted by Crippen LogP contribution is 2.34. The van der Waals surface area contributed by atoms with Crippen LogP contribution in [0.3, 0.4) is 0 Å². The zero-order valence-corrected chi connectivity index (χ0v) is 16.3. The largest absolute Gasteiger partial charge is 0.273 e. The Hall–Kier alpha value is -0.820. The summed E-state index contributed by atoms with van der Waals surface area (Å²) in [4.78, 5) is 23.6. The van der Waals surface area contributed by atoms with Crippen molar-refractivity contribution in [2.24, 2.45) is 0 Å². The fraction of sp³-hybridized carbons (Fsp3) is 0.222. The van der Waals surface area contributed by atoms with Crippen molar-refractivity contribution in [3.05, 3.63) is 71.8 Å². The summed E-state index contributed by atoms with van der Waals surface area (Å²) >= 11 is 2.55. The van der Waals surface area contributed by atoms with Gasteiger partial charge in [0.1, 0.15) is 0 Å². The van der Waals surface area contributed by atoms with Gasteiger partial charge in [0.05, 0.1) is 0 Å². The Morgan fingerprint density at radius 3 is 1.38 bits per heavy atom. The molecule has 2 aromatic rings. The van der Waals surface area contributed by atoms with E-state index in [1.165, 1.54) is 34.7 Å². The van der Waals surface area contributed by atoms with Gasteiger partial charge in [-0.1, -0.05) is 84.2 Å². The lowest BCUT2D eigenvalue weighted by Crippen LogP contribution is -1.92. The molecule has 0 unspecified atom stereocenters. The Morgan fingerprint density at radius 1 is 0.625 bits per heavy atom. The molecule has 0 aromatic heterocycles. The van der Waals surface area contributed by atoms with E-state index in [1.54, 1.807) is 0 Å². The van der Waals surface area contributed by atoms with Crippen LogP contribution in [0.5, 0.6) is 0 Å². The molecule has 0 radical (unpaired) electrons. The maximum Gasteiger partial charge on any atom is 0.257 e. The Kier molecular flexibility index (Phi) is 9.50. The van der Waals surface area contributed by atoms with E-state index in [9.17, 15) is 9.59 Å². The third-order valence-corrected chi connectivity index (χ3v) is 7.73. The van der Waals surface area contributed by atoms with Crippen molar-refractivity contribution < 1.29 is 9.59 Å². The lowest BCUT2D eigenvalue weighted by atomic mass is 10.2. The number of carbonyl (C=O) groups is 2. The predicted molar refractivity (Wildman–Crippen MR) is 111 cm³/mol. The van der Waals surface area contributed by atoms with Crippen LogP contribution in [-0.2, 0) is 12.8 Å². The summed E-state index contributed by atoms with van der Waals surface area (Å²) in [5.74, 6) is 1.48. The van der Waals surface area contributed by atoms with Crippen molar-refractivity contribution in [1.82, 2.24) is 0 Å². The number of thioether (sulfide) groups is 2. The molecule has 0 N–H and O–H groups in total. The summed E-state index contributed by atoms with van der Waals surface area (Å²) in [6, 6.07) is 20.2. The number of rotatable bonds is 6. The first-order valence-corrected chi connectivity index (χ1v) is 11.6. The summed E-state index contributed by atoms with van der Waals surface area (Å²) in [5.41, 5.74) is 2.45. The number of hydrogen-bond donors (Lipinski definition) is 0. The molecule has 0 spiro atoms. The fourth-order valence-corrected chi connectivity index (χ4v) is 5.83. The highest BCUT2D eigenvalue weighted by Gasteiger charge is 2.10. The van der Waals surface area contributed by atoms with E-state index in [-0.39, 0.29) is 8.89 Å². The highest BCUT2D eigenvalue weighted by molar-refractivity contribution is 8.93. The molecular formula is C18H18O2S4. The minimum Gasteiger partial charge on any atom is -0.273 e. The van der Waals surface area contributed by atoms with Crippen LogP contribution in [0.1, 0.15) is 11.1 Å². The zero-order valence-electron chi connectivity index (χ0n) is 13.1. The molecule has 0 aliphatic carbocycles. The minimum absolute atomic E-state index is 0.00654. The lowest BCUT2D eigenvalue weighted by Gasteiger charge is -2.02. The first kappa shape index (κ1) is 19.5. The van der Waals surface area contributed by atoms with Crippen LogP contribution in [0.25, 0.3) is 0 Å². The molecule has 0 atom stereocenters. The van der Waals surface area contributed by atoms with Crippen LogP contribution >= 0.6 is 45.1 Å². The van der Waals surface area contributed by atoms with Crippen molar-refractivity contribution in [2.75, 3.05) is 11.5 Å². The van der Waals surface area contributed by atoms with Gasteiger partial charge in [-0.25, -0.2) is 0 Å². The second-order valence-corrected chi connectivity index (χ2v) is 9.56. The van der Waals surface area contributed by atoms with Gasteiger partial charge >= 0.3 is 0 Å². The monoisotopic (exact) mass is 394 g/mol. The van der Waals surface area contributed by atoms with Crippen molar-refractivity contribution in [1.29, 1.82) is 0 Å². The molecule has 24 heavy (non-hydrogen) atoms. The molecule has 0 saturated heterocycles. The molecule has 0 aliphatic rings. The smallest absolute Gasteiger partial charge is 0.257 e. The van der Waals surface area contributed by atoms with Crippen molar-refractivity contribution in [2.45, 2.75) is 12.8 Å². The van der Waals surface area contributed by atoms with Crippen LogP contribution in [0.15, 0.2) is 60.7 Å². The van der Waals surface area contributed by atoms with Crippen LogP contribution in [0.4, 0.5) is 9.59 Å². The molecule has 126 valence electrons. The molecule has 0 bridgehead atoms. The van der Waals surface area contributed by atoms with Crippen LogP contribution in [0, 0.1) is 0 Å². The average Bonchev–Trinajstić information content (AvgIpc) is 2.62. The van der Waals surface area contributed by atoms with Gasteiger partial charge in [0.2, 0.25) is 0 Å². The van der Waals surface area contributed by atoms with Crippen LogP contribution in [0.2, 0.25) is 0 Å². The predicted octanol–water partition coefficient (Wildman–Crippen LogP) is 6.56. The van der Waals surface area contributed by atoms with Gasteiger partial charge in [-0.15, -0.1) is 0 Å². The van der Waals surface area contributed by atoms with Gasteiger partial charge in [0.25, 0.3) is 8.89 Å². The Balaban J connectivity index is 1.53. The third-order valence-electron chi connectivity index (χ3n) is 3.08. The standard InChI is InChI=1S/C18H18O2S4/c19-17(21-13-11-15-7-3-1-4-8-15)23-24-18(20)22-14-12-16-9-5-2-6-10-16/h1-10H,11-14H2. The molecule has 2 rings (SSSR count). The summed E-state index contributed by atoms with van der Waals surface area (Å²) in [6.45, 7) is 0. The summed E-state index contributed by atoms with van der Waals surface area (Å²) in [7, 11) is 2.07. The first-order chi connectivity index (χ1) is 11.7. The van der Waals surface area contributed by atoms with Gasteiger partial charge < -0.3 is 0 Å². The molecule has 2 aromatic carbocycles. The van der Waals surface area contributed by atoms with E-state index >= 15 is 0 Å². The second kappa shape index (κ2) is 11.7. The molecule has 2 nitrogen and oxygen atoms in total. The third kappa shape index (κ3) is 8.33. The van der Waals surface area contributed by atoms with E-state index in [2.05, 4.69) is 24.3 Å². The second-order valence-electron chi connectivity index (χ2n) is 4.83. The quantitative estimate of drug-likeness (QED) is 0.516. The molecule has 0 fully saturated rings. The van der Waals surface area contributed by atoms with Crippen molar-refractivity contribution in [3.8, 4) is 0 Å². The molecule has 0 saturated carbocycles. The Morgan fingerprint density at radius 2 is 1.00 bits per heavy atom.